The Bertz CT molecular complexity index is 586. The average Bonchev–Trinajstić information content (AvgIpc) is 2.42. The van der Waals surface area contributed by atoms with Gasteiger partial charge in [0.2, 0.25) is 0 Å². The van der Waals surface area contributed by atoms with Crippen molar-refractivity contribution >= 4 is 11.6 Å². The zero-order valence-corrected chi connectivity index (χ0v) is 11.9. The van der Waals surface area contributed by atoms with Crippen molar-refractivity contribution in [2.45, 2.75) is 12.3 Å². The molecular weight excluding hydrogens is 280 g/mol. The Labute approximate surface area is 122 Å². The molecule has 1 unspecified atom stereocenters. The first-order valence-electron chi connectivity index (χ1n) is 6.44. The summed E-state index contributed by atoms with van der Waals surface area (Å²) in [4.78, 5) is 0. The summed E-state index contributed by atoms with van der Waals surface area (Å²) in [5.41, 5.74) is 1.46. The molecule has 1 N–H and O–H groups in total. The molecule has 4 heteroatoms. The third-order valence-electron chi connectivity index (χ3n) is 3.28. The number of benzene rings is 2. The monoisotopic (exact) mass is 295 g/mol. The van der Waals surface area contributed by atoms with Crippen molar-refractivity contribution in [2.75, 3.05) is 13.6 Å². The Balaban J connectivity index is 2.28. The highest BCUT2D eigenvalue weighted by molar-refractivity contribution is 6.31. The van der Waals surface area contributed by atoms with Gasteiger partial charge in [-0.15, -0.1) is 0 Å². The van der Waals surface area contributed by atoms with Gasteiger partial charge in [0.15, 0.2) is 0 Å². The van der Waals surface area contributed by atoms with Crippen molar-refractivity contribution in [1.29, 1.82) is 0 Å². The van der Waals surface area contributed by atoms with E-state index in [0.717, 1.165) is 5.56 Å². The van der Waals surface area contributed by atoms with E-state index in [-0.39, 0.29) is 17.6 Å². The maximum Gasteiger partial charge on any atom is 0.126 e. The molecule has 2 aromatic rings. The first-order chi connectivity index (χ1) is 9.61. The second kappa shape index (κ2) is 6.82. The van der Waals surface area contributed by atoms with E-state index in [0.29, 0.717) is 23.6 Å². The predicted molar refractivity (Wildman–Crippen MR) is 78.2 cm³/mol. The fraction of sp³-hybridized carbons (Fsp3) is 0.250. The topological polar surface area (TPSA) is 12.0 Å². The molecule has 106 valence electrons. The van der Waals surface area contributed by atoms with Gasteiger partial charge >= 0.3 is 0 Å². The zero-order chi connectivity index (χ0) is 14.5. The third kappa shape index (κ3) is 3.56. The predicted octanol–water partition coefficient (Wildman–Crippen LogP) is 4.16. The Morgan fingerprint density at radius 2 is 1.90 bits per heavy atom. The van der Waals surface area contributed by atoms with Crippen molar-refractivity contribution in [3.8, 4) is 0 Å². The molecule has 1 nitrogen and oxygen atoms in total. The minimum absolute atomic E-state index is 0.0517. The fourth-order valence-electron chi connectivity index (χ4n) is 2.30. The van der Waals surface area contributed by atoms with Gasteiger partial charge in [-0.25, -0.2) is 8.78 Å². The number of hydrogen-bond acceptors (Lipinski definition) is 1. The standard InChI is InChI=1S/C16H16ClF2N/c1-20-10-12(14-4-2-3-5-16(14)19)8-11-6-7-13(18)9-15(11)17/h2-7,9,12,20H,8,10H2,1H3. The number of halogens is 3. The molecule has 20 heavy (non-hydrogen) atoms. The first-order valence-corrected chi connectivity index (χ1v) is 6.82. The van der Waals surface area contributed by atoms with Crippen LogP contribution in [0.15, 0.2) is 42.5 Å². The minimum Gasteiger partial charge on any atom is -0.319 e. The SMILES string of the molecule is CNCC(Cc1ccc(F)cc1Cl)c1ccccc1F. The van der Waals surface area contributed by atoms with E-state index >= 15 is 0 Å². The van der Waals surface area contributed by atoms with Crippen LogP contribution in [-0.4, -0.2) is 13.6 Å². The summed E-state index contributed by atoms with van der Waals surface area (Å²) < 4.78 is 27.0. The van der Waals surface area contributed by atoms with E-state index in [1.165, 1.54) is 18.2 Å². The summed E-state index contributed by atoms with van der Waals surface area (Å²) in [6, 6.07) is 11.0. The van der Waals surface area contributed by atoms with Crippen LogP contribution in [0.1, 0.15) is 17.0 Å². The van der Waals surface area contributed by atoms with Gasteiger partial charge in [-0.2, -0.15) is 0 Å². The quantitative estimate of drug-likeness (QED) is 0.873. The van der Waals surface area contributed by atoms with Crippen LogP contribution in [0.25, 0.3) is 0 Å². The number of nitrogens with one attached hydrogen (secondary N) is 1. The molecule has 0 aromatic heterocycles. The van der Waals surface area contributed by atoms with Crippen LogP contribution >= 0.6 is 11.6 Å². The smallest absolute Gasteiger partial charge is 0.126 e. The molecule has 1 atom stereocenters. The molecule has 0 spiro atoms. The van der Waals surface area contributed by atoms with E-state index in [1.54, 1.807) is 18.2 Å². The Hall–Kier alpha value is -1.45. The van der Waals surface area contributed by atoms with Crippen LogP contribution in [0.3, 0.4) is 0 Å². The van der Waals surface area contributed by atoms with Gasteiger partial charge in [-0.3, -0.25) is 0 Å². The van der Waals surface area contributed by atoms with Crippen molar-refractivity contribution in [2.24, 2.45) is 0 Å². The van der Waals surface area contributed by atoms with Gasteiger partial charge in [-0.1, -0.05) is 35.9 Å². The fourth-order valence-corrected chi connectivity index (χ4v) is 2.54. The van der Waals surface area contributed by atoms with Crippen LogP contribution in [0.5, 0.6) is 0 Å². The van der Waals surface area contributed by atoms with Gasteiger partial charge in [-0.05, 0) is 42.8 Å². The van der Waals surface area contributed by atoms with E-state index in [9.17, 15) is 8.78 Å². The molecule has 0 amide bonds. The summed E-state index contributed by atoms with van der Waals surface area (Å²) in [5.74, 6) is -0.648. The van der Waals surface area contributed by atoms with Crippen molar-refractivity contribution in [1.82, 2.24) is 5.32 Å². The van der Waals surface area contributed by atoms with Crippen molar-refractivity contribution in [3.63, 3.8) is 0 Å². The first kappa shape index (κ1) is 14.9. The molecular formula is C16H16ClF2N. The van der Waals surface area contributed by atoms with Crippen LogP contribution in [0.2, 0.25) is 5.02 Å². The highest BCUT2D eigenvalue weighted by Gasteiger charge is 2.17. The molecule has 0 aliphatic rings. The summed E-state index contributed by atoms with van der Waals surface area (Å²) in [7, 11) is 1.82. The van der Waals surface area contributed by atoms with Gasteiger partial charge in [0.05, 0.1) is 0 Å². The second-order valence-electron chi connectivity index (χ2n) is 4.72. The van der Waals surface area contributed by atoms with Gasteiger partial charge in [0, 0.05) is 17.5 Å². The Kier molecular flexibility index (Phi) is 5.10. The molecule has 0 aliphatic heterocycles. The molecule has 2 rings (SSSR count). The average molecular weight is 296 g/mol. The normalized spacial score (nSPS) is 12.4. The Morgan fingerprint density at radius 1 is 1.15 bits per heavy atom. The minimum atomic E-state index is -0.366. The highest BCUT2D eigenvalue weighted by Crippen LogP contribution is 2.27. The molecule has 0 saturated heterocycles. The summed E-state index contributed by atoms with van der Waals surface area (Å²) >= 11 is 6.05. The molecule has 0 fully saturated rings. The lowest BCUT2D eigenvalue weighted by Gasteiger charge is -2.18. The molecule has 0 saturated carbocycles. The van der Waals surface area contributed by atoms with Gasteiger partial charge in [0.25, 0.3) is 0 Å². The third-order valence-corrected chi connectivity index (χ3v) is 3.63. The number of rotatable bonds is 5. The lowest BCUT2D eigenvalue weighted by molar-refractivity contribution is 0.556. The van der Waals surface area contributed by atoms with Crippen LogP contribution in [0.4, 0.5) is 8.78 Å². The summed E-state index contributed by atoms with van der Waals surface area (Å²) in [6.07, 6.45) is 0.556. The maximum atomic E-state index is 13.9. The van der Waals surface area contributed by atoms with E-state index in [4.69, 9.17) is 11.6 Å². The van der Waals surface area contributed by atoms with E-state index in [1.807, 2.05) is 13.1 Å². The Morgan fingerprint density at radius 3 is 2.55 bits per heavy atom. The summed E-state index contributed by atoms with van der Waals surface area (Å²) in [6.45, 7) is 0.620. The largest absolute Gasteiger partial charge is 0.319 e. The zero-order valence-electron chi connectivity index (χ0n) is 11.2. The summed E-state index contributed by atoms with van der Waals surface area (Å²) in [5, 5.41) is 3.44. The van der Waals surface area contributed by atoms with Gasteiger partial charge < -0.3 is 5.32 Å². The van der Waals surface area contributed by atoms with Crippen molar-refractivity contribution in [3.05, 3.63) is 70.2 Å². The second-order valence-corrected chi connectivity index (χ2v) is 5.12. The van der Waals surface area contributed by atoms with Crippen LogP contribution in [0, 0.1) is 11.6 Å². The lowest BCUT2D eigenvalue weighted by atomic mass is 9.91. The molecule has 0 aliphatic carbocycles. The highest BCUT2D eigenvalue weighted by atomic mass is 35.5. The van der Waals surface area contributed by atoms with Crippen molar-refractivity contribution < 1.29 is 8.78 Å². The van der Waals surface area contributed by atoms with Crippen LogP contribution in [-0.2, 0) is 6.42 Å². The number of likely N-dealkylation sites (N-methyl/N-ethyl adjacent to an activating group) is 1. The van der Waals surface area contributed by atoms with Gasteiger partial charge in [0.1, 0.15) is 11.6 Å². The number of hydrogen-bond donors (Lipinski definition) is 1. The lowest BCUT2D eigenvalue weighted by Crippen LogP contribution is -2.20. The van der Waals surface area contributed by atoms with E-state index < -0.39 is 0 Å². The molecule has 2 aromatic carbocycles. The molecule has 0 radical (unpaired) electrons. The molecule has 0 bridgehead atoms. The van der Waals surface area contributed by atoms with E-state index in [2.05, 4.69) is 5.32 Å². The molecule has 0 heterocycles. The van der Waals surface area contributed by atoms with Crippen LogP contribution < -0.4 is 5.32 Å². The maximum absolute atomic E-state index is 13.9.